The summed E-state index contributed by atoms with van der Waals surface area (Å²) in [5.41, 5.74) is 5.49. The van der Waals surface area contributed by atoms with E-state index in [1.165, 1.54) is 14.2 Å². The van der Waals surface area contributed by atoms with Gasteiger partial charge >= 0.3 is 0 Å². The highest BCUT2D eigenvalue weighted by molar-refractivity contribution is 7.91. The summed E-state index contributed by atoms with van der Waals surface area (Å²) in [5.74, 6) is -0.954. The zero-order valence-corrected chi connectivity index (χ0v) is 39.9. The summed E-state index contributed by atoms with van der Waals surface area (Å²) < 4.78 is 95.6. The topological polar surface area (TPSA) is 126 Å². The van der Waals surface area contributed by atoms with E-state index < -0.39 is 82.8 Å². The number of methoxy groups -OCH3 is 2. The molecule has 12 nitrogen and oxygen atoms in total. The van der Waals surface area contributed by atoms with Crippen LogP contribution >= 0.6 is 0 Å². The Morgan fingerprint density at radius 1 is 0.333 bits per heavy atom. The van der Waals surface area contributed by atoms with E-state index in [4.69, 9.17) is 47.4 Å². The lowest BCUT2D eigenvalue weighted by atomic mass is 9.98. The third-order valence-corrected chi connectivity index (χ3v) is 13.9. The van der Waals surface area contributed by atoms with Crippen molar-refractivity contribution in [1.29, 1.82) is 0 Å². The Bertz CT molecular complexity index is 2300. The maximum absolute atomic E-state index is 15.1. The average Bonchev–Trinajstić information content (AvgIpc) is 3.39. The van der Waals surface area contributed by atoms with Crippen molar-refractivity contribution >= 4 is 9.84 Å². The van der Waals surface area contributed by atoms with E-state index in [2.05, 4.69) is 0 Å². The van der Waals surface area contributed by atoms with Gasteiger partial charge < -0.3 is 47.4 Å². The molecule has 0 unspecified atom stereocenters. The minimum Gasteiger partial charge on any atom is -0.368 e. The zero-order valence-electron chi connectivity index (χ0n) is 39.1. The van der Waals surface area contributed by atoms with Crippen LogP contribution in [0.15, 0.2) is 182 Å². The van der Waals surface area contributed by atoms with Gasteiger partial charge in [0.1, 0.15) is 48.8 Å². The highest BCUT2D eigenvalue weighted by Crippen LogP contribution is 2.35. The van der Waals surface area contributed by atoms with Gasteiger partial charge in [-0.2, -0.15) is 0 Å². The van der Waals surface area contributed by atoms with Gasteiger partial charge in [-0.05, 0) is 33.4 Å². The molecule has 0 saturated carbocycles. The van der Waals surface area contributed by atoms with E-state index >= 15 is 8.42 Å². The fourth-order valence-electron chi connectivity index (χ4n) is 8.71. The third kappa shape index (κ3) is 14.5. The van der Waals surface area contributed by atoms with Gasteiger partial charge in [0.25, 0.3) is 0 Å². The van der Waals surface area contributed by atoms with Crippen molar-refractivity contribution in [2.24, 2.45) is 0 Å². The predicted octanol–water partition coefficient (Wildman–Crippen LogP) is 8.66. The molecule has 2 aliphatic rings. The number of sulfone groups is 1. The van der Waals surface area contributed by atoms with Crippen molar-refractivity contribution < 1.29 is 55.8 Å². The molecule has 2 aliphatic heterocycles. The summed E-state index contributed by atoms with van der Waals surface area (Å²) >= 11 is 0. The van der Waals surface area contributed by atoms with Gasteiger partial charge in [0.15, 0.2) is 22.4 Å². The van der Waals surface area contributed by atoms with E-state index in [1.807, 2.05) is 182 Å². The van der Waals surface area contributed by atoms with Gasteiger partial charge in [-0.3, -0.25) is 0 Å². The van der Waals surface area contributed by atoms with Crippen LogP contribution in [0.4, 0.5) is 0 Å². The number of benzene rings is 6. The Kier molecular flexibility index (Phi) is 18.7. The molecular formula is C56H62O12S. The predicted molar refractivity (Wildman–Crippen MR) is 260 cm³/mol. The fourth-order valence-corrected chi connectivity index (χ4v) is 10.4. The lowest BCUT2D eigenvalue weighted by Gasteiger charge is -2.46. The molecule has 2 fully saturated rings. The van der Waals surface area contributed by atoms with Gasteiger partial charge in [0, 0.05) is 14.2 Å². The van der Waals surface area contributed by atoms with E-state index in [0.717, 1.165) is 33.4 Å². The molecule has 0 N–H and O–H groups in total. The van der Waals surface area contributed by atoms with Gasteiger partial charge in [-0.15, -0.1) is 0 Å². The standard InChI is InChI=1S/C56H62O12S/c1-59-55-53(65-37-45-29-17-7-18-30-45)51(63-35-43-25-13-5-14-26-43)49(61-33-41-21-9-3-10-22-41)47(67-55)39-69(57,58)40-48-50(62-34-42-23-11-4-12-24-42)52(64-36-44-27-15-6-16-28-44)54(56(60-2)68-48)66-38-46-31-19-8-20-32-46/h3-32,47-56H,33-40H2,1-2H3/t47-,48-,49-,50-,51-,52+,53-,54+,55-,56+/m1/s1. The molecule has 10 atom stereocenters. The Morgan fingerprint density at radius 2 is 0.551 bits per heavy atom. The summed E-state index contributed by atoms with van der Waals surface area (Å²) in [6, 6.07) is 58.4. The average molecular weight is 959 g/mol. The minimum absolute atomic E-state index is 0.154. The van der Waals surface area contributed by atoms with Crippen molar-refractivity contribution in [2.75, 3.05) is 25.7 Å². The molecule has 0 bridgehead atoms. The largest absolute Gasteiger partial charge is 0.368 e. The SMILES string of the molecule is CO[C@H]1O[C@H](CS(=O)(=O)C[C@H]2O[C@@H](OC)[C@H](OCc3ccccc3)[C@H](OCc3ccccc3)[C@@H]2OCc2ccccc2)[C@@H](OCc2ccccc2)[C@H](OCc2ccccc2)[C@@H]1OCc1ccccc1. The van der Waals surface area contributed by atoms with Gasteiger partial charge in [0.05, 0.1) is 51.1 Å². The molecule has 69 heavy (non-hydrogen) atoms. The highest BCUT2D eigenvalue weighted by Gasteiger charge is 2.53. The number of hydrogen-bond acceptors (Lipinski definition) is 12. The van der Waals surface area contributed by atoms with Crippen LogP contribution in [0.3, 0.4) is 0 Å². The first-order valence-corrected chi connectivity index (χ1v) is 25.2. The van der Waals surface area contributed by atoms with Gasteiger partial charge in [0.2, 0.25) is 0 Å². The molecule has 13 heteroatoms. The molecular weight excluding hydrogens is 897 g/mol. The second-order valence-corrected chi connectivity index (χ2v) is 19.4. The molecule has 0 aromatic heterocycles. The second-order valence-electron chi connectivity index (χ2n) is 17.2. The number of rotatable bonds is 24. The van der Waals surface area contributed by atoms with E-state index in [0.29, 0.717) is 0 Å². The quantitative estimate of drug-likeness (QED) is 0.0577. The fraction of sp³-hybridized carbons (Fsp3) is 0.357. The molecule has 6 aromatic rings. The van der Waals surface area contributed by atoms with Crippen LogP contribution in [0.1, 0.15) is 33.4 Å². The maximum atomic E-state index is 15.1. The Balaban J connectivity index is 1.10. The van der Waals surface area contributed by atoms with Crippen LogP contribution < -0.4 is 0 Å². The van der Waals surface area contributed by atoms with Crippen molar-refractivity contribution in [3.8, 4) is 0 Å². The van der Waals surface area contributed by atoms with Gasteiger partial charge in [-0.25, -0.2) is 8.42 Å². The molecule has 2 saturated heterocycles. The second kappa shape index (κ2) is 25.6. The smallest absolute Gasteiger partial charge is 0.186 e. The molecule has 364 valence electrons. The van der Waals surface area contributed by atoms with Crippen LogP contribution in [0.5, 0.6) is 0 Å². The monoisotopic (exact) mass is 958 g/mol. The van der Waals surface area contributed by atoms with E-state index in [1.54, 1.807) is 0 Å². The summed E-state index contributed by atoms with van der Waals surface area (Å²) in [5, 5.41) is 0. The Morgan fingerprint density at radius 3 is 0.783 bits per heavy atom. The first-order chi connectivity index (χ1) is 33.9. The van der Waals surface area contributed by atoms with Crippen LogP contribution in [0.25, 0.3) is 0 Å². The number of ether oxygens (including phenoxy) is 10. The molecule has 2 heterocycles. The Hall–Kier alpha value is -5.13. The first kappa shape index (κ1) is 50.3. The first-order valence-electron chi connectivity index (χ1n) is 23.4. The molecule has 0 spiro atoms. The molecule has 0 amide bonds. The van der Waals surface area contributed by atoms with Gasteiger partial charge in [-0.1, -0.05) is 182 Å². The number of hydrogen-bond donors (Lipinski definition) is 0. The summed E-state index contributed by atoms with van der Waals surface area (Å²) in [6.45, 7) is 1.15. The van der Waals surface area contributed by atoms with Crippen LogP contribution in [0, 0.1) is 0 Å². The summed E-state index contributed by atoms with van der Waals surface area (Å²) in [7, 11) is -1.10. The summed E-state index contributed by atoms with van der Waals surface area (Å²) in [4.78, 5) is 0. The van der Waals surface area contributed by atoms with E-state index in [-0.39, 0.29) is 39.6 Å². The third-order valence-electron chi connectivity index (χ3n) is 12.2. The maximum Gasteiger partial charge on any atom is 0.186 e. The normalized spacial score (nSPS) is 25.0. The molecule has 6 aromatic carbocycles. The van der Waals surface area contributed by atoms with Crippen LogP contribution in [-0.2, 0) is 96.8 Å². The van der Waals surface area contributed by atoms with Crippen molar-refractivity contribution in [3.05, 3.63) is 215 Å². The Labute approximate surface area is 406 Å². The highest BCUT2D eigenvalue weighted by atomic mass is 32.2. The van der Waals surface area contributed by atoms with Crippen molar-refractivity contribution in [2.45, 2.75) is 101 Å². The lowest BCUT2D eigenvalue weighted by molar-refractivity contribution is -0.315. The van der Waals surface area contributed by atoms with Crippen LogP contribution in [0.2, 0.25) is 0 Å². The molecule has 8 rings (SSSR count). The molecule has 0 radical (unpaired) electrons. The minimum atomic E-state index is -4.12. The summed E-state index contributed by atoms with van der Waals surface area (Å²) in [6.07, 6.45) is -9.33. The molecule has 0 aliphatic carbocycles. The zero-order chi connectivity index (χ0) is 47.7. The van der Waals surface area contributed by atoms with E-state index in [9.17, 15) is 0 Å². The van der Waals surface area contributed by atoms with Crippen molar-refractivity contribution in [1.82, 2.24) is 0 Å². The van der Waals surface area contributed by atoms with Crippen LogP contribution in [-0.4, -0.2) is 95.6 Å². The van der Waals surface area contributed by atoms with Crippen molar-refractivity contribution in [3.63, 3.8) is 0 Å². The lowest BCUT2D eigenvalue weighted by Crippen LogP contribution is -2.63.